The van der Waals surface area contributed by atoms with Gasteiger partial charge in [-0.1, -0.05) is 60.0 Å². The Morgan fingerprint density at radius 1 is 1.07 bits per heavy atom. The Bertz CT molecular complexity index is 1890. The van der Waals surface area contributed by atoms with Crippen LogP contribution in [0, 0.1) is 5.92 Å². The van der Waals surface area contributed by atoms with Crippen molar-refractivity contribution in [1.29, 1.82) is 0 Å². The zero-order valence-corrected chi connectivity index (χ0v) is 24.2. The van der Waals surface area contributed by atoms with Gasteiger partial charge in [-0.25, -0.2) is 14.3 Å². The van der Waals surface area contributed by atoms with Crippen LogP contribution in [0.4, 0.5) is 14.5 Å². The Labute approximate surface area is 253 Å². The first kappa shape index (κ1) is 28.7. The quantitative estimate of drug-likeness (QED) is 0.247. The van der Waals surface area contributed by atoms with E-state index in [1.54, 1.807) is 43.3 Å². The number of hydrogen-bond donors (Lipinski definition) is 1. The Morgan fingerprint density at radius 3 is 2.65 bits per heavy atom. The average Bonchev–Trinajstić information content (AvgIpc) is 3.61. The molecule has 0 aliphatic carbocycles. The van der Waals surface area contributed by atoms with E-state index in [2.05, 4.69) is 25.7 Å². The molecule has 14 heteroatoms. The van der Waals surface area contributed by atoms with Gasteiger partial charge in [-0.15, -0.1) is 5.10 Å². The first-order chi connectivity index (χ1) is 20.7. The third kappa shape index (κ3) is 5.67. The van der Waals surface area contributed by atoms with Gasteiger partial charge in [0.1, 0.15) is 0 Å². The fourth-order valence-electron chi connectivity index (χ4n) is 5.32. The number of hydrogen-bond acceptors (Lipinski definition) is 6. The highest BCUT2D eigenvalue weighted by atomic mass is 35.5. The van der Waals surface area contributed by atoms with Crippen LogP contribution in [0.25, 0.3) is 28.2 Å². The van der Waals surface area contributed by atoms with Crippen molar-refractivity contribution in [2.24, 2.45) is 5.92 Å². The number of carbonyl (C=O) groups is 1. The summed E-state index contributed by atoms with van der Waals surface area (Å²) in [6.45, 7) is -1.14. The highest BCUT2D eigenvalue weighted by molar-refractivity contribution is 6.31. The molecule has 1 aliphatic heterocycles. The van der Waals surface area contributed by atoms with Crippen LogP contribution >= 0.6 is 23.2 Å². The molecule has 2 aromatic carbocycles. The molecule has 2 bridgehead atoms. The monoisotopic (exact) mass is 624 g/mol. The van der Waals surface area contributed by atoms with Crippen molar-refractivity contribution in [2.45, 2.75) is 38.8 Å². The third-order valence-electron chi connectivity index (χ3n) is 7.46. The molecule has 5 aromatic rings. The molecule has 220 valence electrons. The van der Waals surface area contributed by atoms with Crippen LogP contribution < -0.4 is 10.9 Å². The Balaban J connectivity index is 1.45. The molecule has 3 aromatic heterocycles. The maximum Gasteiger partial charge on any atom is 0.333 e. The minimum atomic E-state index is -2.92. The van der Waals surface area contributed by atoms with E-state index in [0.717, 1.165) is 5.56 Å². The van der Waals surface area contributed by atoms with E-state index in [0.29, 0.717) is 51.5 Å². The molecule has 1 N–H and O–H groups in total. The number of nitrogens with zero attached hydrogens (tertiary/aromatic N) is 7. The van der Waals surface area contributed by atoms with Gasteiger partial charge in [-0.05, 0) is 42.7 Å². The average molecular weight is 625 g/mol. The van der Waals surface area contributed by atoms with Crippen molar-refractivity contribution >= 4 is 34.8 Å². The maximum atomic E-state index is 13.9. The number of benzene rings is 2. The molecule has 6 rings (SSSR count). The molecule has 0 radical (unpaired) electrons. The highest BCUT2D eigenvalue weighted by Gasteiger charge is 2.25. The number of alkyl halides is 2. The standard InChI is InChI=1S/C29H24Cl2F2N8O2/c1-16-4-2-7-23(17-5-3-6-18(10-17)27-22(36-28(16)43)13-35-41(27)29(32)33)39-15-34-21(12-26(39)42)20-11-19(30)8-9-24(20)40-14-25(31)37-38-40/h3,5-6,8-16,23,29H,2,4,7H2,1H3,(H,36,43). The van der Waals surface area contributed by atoms with Gasteiger partial charge in [0.15, 0.2) is 5.15 Å². The number of fused-ring (bicyclic) bond motifs is 4. The van der Waals surface area contributed by atoms with Gasteiger partial charge in [-0.3, -0.25) is 14.2 Å². The summed E-state index contributed by atoms with van der Waals surface area (Å²) in [6, 6.07) is 13.0. The summed E-state index contributed by atoms with van der Waals surface area (Å²) in [7, 11) is 0. The first-order valence-corrected chi connectivity index (χ1v) is 14.2. The van der Waals surface area contributed by atoms with E-state index in [9.17, 15) is 18.4 Å². The van der Waals surface area contributed by atoms with Gasteiger partial charge >= 0.3 is 6.55 Å². The molecule has 1 amide bonds. The van der Waals surface area contributed by atoms with Gasteiger partial charge in [-0.2, -0.15) is 13.9 Å². The zero-order chi connectivity index (χ0) is 30.2. The molecule has 2 atom stereocenters. The Hall–Kier alpha value is -4.42. The number of rotatable bonds is 4. The minimum absolute atomic E-state index is 0.0826. The molecule has 4 heterocycles. The Kier molecular flexibility index (Phi) is 7.80. The molecule has 1 aliphatic rings. The smallest absolute Gasteiger partial charge is 0.323 e. The summed E-state index contributed by atoms with van der Waals surface area (Å²) >= 11 is 12.3. The lowest BCUT2D eigenvalue weighted by Gasteiger charge is -2.23. The van der Waals surface area contributed by atoms with Crippen LogP contribution in [-0.2, 0) is 4.79 Å². The van der Waals surface area contributed by atoms with Crippen LogP contribution in [0.15, 0.2) is 72.0 Å². The largest absolute Gasteiger partial charge is 0.333 e. The normalized spacial score (nSPS) is 17.2. The summed E-state index contributed by atoms with van der Waals surface area (Å²) in [4.78, 5) is 31.2. The van der Waals surface area contributed by atoms with Crippen LogP contribution in [0.5, 0.6) is 0 Å². The molecular formula is C29H24Cl2F2N8O2. The van der Waals surface area contributed by atoms with E-state index in [-0.39, 0.29) is 28.0 Å². The van der Waals surface area contributed by atoms with Gasteiger partial charge in [0, 0.05) is 28.1 Å². The number of aromatic nitrogens is 7. The predicted octanol–water partition coefficient (Wildman–Crippen LogP) is 6.40. The number of nitrogens with one attached hydrogen (secondary N) is 1. The van der Waals surface area contributed by atoms with Crippen molar-refractivity contribution in [3.8, 4) is 28.2 Å². The highest BCUT2D eigenvalue weighted by Crippen LogP contribution is 2.36. The van der Waals surface area contributed by atoms with Crippen molar-refractivity contribution in [3.05, 3.63) is 93.3 Å². The Morgan fingerprint density at radius 2 is 1.91 bits per heavy atom. The number of anilines is 1. The zero-order valence-electron chi connectivity index (χ0n) is 22.7. The summed E-state index contributed by atoms with van der Waals surface area (Å²) in [5.41, 5.74) is 2.58. The minimum Gasteiger partial charge on any atom is -0.323 e. The second-order valence-electron chi connectivity index (χ2n) is 10.3. The molecule has 0 fully saturated rings. The van der Waals surface area contributed by atoms with Crippen molar-refractivity contribution in [1.82, 2.24) is 34.3 Å². The van der Waals surface area contributed by atoms with Gasteiger partial charge in [0.2, 0.25) is 5.91 Å². The fraction of sp³-hybridized carbons (Fsp3) is 0.241. The molecule has 2 unspecified atom stereocenters. The van der Waals surface area contributed by atoms with Crippen molar-refractivity contribution in [2.75, 3.05) is 5.32 Å². The van der Waals surface area contributed by atoms with Crippen LogP contribution in [0.2, 0.25) is 10.2 Å². The maximum absolute atomic E-state index is 13.9. The second-order valence-corrected chi connectivity index (χ2v) is 11.1. The van der Waals surface area contributed by atoms with Crippen LogP contribution in [0.3, 0.4) is 0 Å². The van der Waals surface area contributed by atoms with E-state index in [1.807, 2.05) is 6.07 Å². The summed E-state index contributed by atoms with van der Waals surface area (Å²) < 4.78 is 31.4. The molecule has 0 spiro atoms. The SMILES string of the molecule is CC1CCCC(n2cnc(-c3cc(Cl)ccc3-n3cc(Cl)nn3)cc2=O)c2cccc(c2)-c2c(cnn2C(F)F)NC1=O. The van der Waals surface area contributed by atoms with Crippen LogP contribution in [-0.4, -0.2) is 40.2 Å². The second kappa shape index (κ2) is 11.7. The number of halogens is 4. The number of carbonyl (C=O) groups excluding carboxylic acids is 1. The first-order valence-electron chi connectivity index (χ1n) is 13.4. The van der Waals surface area contributed by atoms with E-state index >= 15 is 0 Å². The van der Waals surface area contributed by atoms with Gasteiger partial charge in [0.05, 0.1) is 47.5 Å². The van der Waals surface area contributed by atoms with Gasteiger partial charge < -0.3 is 5.32 Å². The number of amides is 1. The summed E-state index contributed by atoms with van der Waals surface area (Å²) in [6.07, 6.45) is 5.86. The summed E-state index contributed by atoms with van der Waals surface area (Å²) in [5, 5.41) is 15.1. The van der Waals surface area contributed by atoms with Gasteiger partial charge in [0.25, 0.3) is 5.56 Å². The van der Waals surface area contributed by atoms with E-state index in [1.165, 1.54) is 34.0 Å². The lowest BCUT2D eigenvalue weighted by atomic mass is 9.94. The summed E-state index contributed by atoms with van der Waals surface area (Å²) in [5.74, 6) is -0.692. The lowest BCUT2D eigenvalue weighted by Crippen LogP contribution is -2.26. The predicted molar refractivity (Wildman–Crippen MR) is 158 cm³/mol. The molecular weight excluding hydrogens is 601 g/mol. The molecule has 43 heavy (non-hydrogen) atoms. The third-order valence-corrected chi connectivity index (χ3v) is 7.87. The molecule has 0 saturated heterocycles. The van der Waals surface area contributed by atoms with Crippen LogP contribution in [0.1, 0.15) is 44.3 Å². The topological polar surface area (TPSA) is 113 Å². The fourth-order valence-corrected chi connectivity index (χ4v) is 5.62. The van der Waals surface area contributed by atoms with E-state index < -0.39 is 18.5 Å². The van der Waals surface area contributed by atoms with Crippen molar-refractivity contribution in [3.63, 3.8) is 0 Å². The molecule has 0 saturated carbocycles. The molecule has 10 nitrogen and oxygen atoms in total. The van der Waals surface area contributed by atoms with E-state index in [4.69, 9.17) is 23.2 Å². The lowest BCUT2D eigenvalue weighted by molar-refractivity contribution is -0.119. The van der Waals surface area contributed by atoms with Crippen molar-refractivity contribution < 1.29 is 13.6 Å².